The van der Waals surface area contributed by atoms with Crippen LogP contribution in [0.15, 0.2) is 0 Å². The summed E-state index contributed by atoms with van der Waals surface area (Å²) in [5, 5.41) is 7.00. The molecule has 0 unspecified atom stereocenters. The van der Waals surface area contributed by atoms with Crippen molar-refractivity contribution in [3.8, 4) is 0 Å². The van der Waals surface area contributed by atoms with Gasteiger partial charge >= 0.3 is 0 Å². The van der Waals surface area contributed by atoms with E-state index >= 15 is 0 Å². The Kier molecular flexibility index (Phi) is 12.9. The maximum absolute atomic E-state index is 7.00. The van der Waals surface area contributed by atoms with E-state index in [4.69, 9.17) is 23.5 Å². The monoisotopic (exact) mass is 356 g/mol. The molecule has 1 N–H and O–H groups in total. The van der Waals surface area contributed by atoms with Crippen molar-refractivity contribution in [2.24, 2.45) is 0 Å². The molecule has 1 saturated heterocycles. The Bertz CT molecular complexity index is 291. The fourth-order valence-electron chi connectivity index (χ4n) is 2.05. The fraction of sp³-hybridized carbons (Fsp3) is 1.00. The predicted molar refractivity (Wildman–Crippen MR) is 100 cm³/mol. The van der Waals surface area contributed by atoms with Crippen LogP contribution in [-0.4, -0.2) is 68.3 Å². The lowest BCUT2D eigenvalue weighted by Gasteiger charge is -2.48. The molecule has 0 spiro atoms. The van der Waals surface area contributed by atoms with Crippen LogP contribution in [0.1, 0.15) is 48.0 Å². The van der Waals surface area contributed by atoms with Gasteiger partial charge in [-0.05, 0) is 19.4 Å². The molecule has 6 heteroatoms. The first-order chi connectivity index (χ1) is 10.6. The average Bonchev–Trinajstić information content (AvgIpc) is 2.49. The molecule has 0 radical (unpaired) electrons. The molecular formula is C17H40O5S. The molecule has 0 aliphatic carbocycles. The maximum atomic E-state index is 7.00. The summed E-state index contributed by atoms with van der Waals surface area (Å²) >= 11 is 0. The molecule has 1 rings (SSSR count). The Balaban J connectivity index is 0. The van der Waals surface area contributed by atoms with Crippen molar-refractivity contribution in [3.63, 3.8) is 0 Å². The summed E-state index contributed by atoms with van der Waals surface area (Å²) in [7, 11) is 3.21. The molecule has 1 fully saturated rings. The number of hydrogen-bond acceptors (Lipinski definition) is 5. The topological polar surface area (TPSA) is 57.2 Å². The lowest BCUT2D eigenvalue weighted by molar-refractivity contribution is -0.226. The van der Waals surface area contributed by atoms with Crippen molar-refractivity contribution < 1.29 is 23.5 Å². The third kappa shape index (κ3) is 7.71. The molecule has 23 heavy (non-hydrogen) atoms. The molecule has 0 bridgehead atoms. The predicted octanol–water partition coefficient (Wildman–Crippen LogP) is 3.58. The Hall–Kier alpha value is 0.150. The van der Waals surface area contributed by atoms with E-state index in [9.17, 15) is 0 Å². The van der Waals surface area contributed by atoms with E-state index in [0.29, 0.717) is 6.42 Å². The summed E-state index contributed by atoms with van der Waals surface area (Å²) < 4.78 is 23.3. The van der Waals surface area contributed by atoms with Crippen LogP contribution in [0.2, 0.25) is 0 Å². The quantitative estimate of drug-likeness (QED) is 0.834. The van der Waals surface area contributed by atoms with Gasteiger partial charge in [-0.2, -0.15) is 0 Å². The molecule has 0 amide bonds. The Morgan fingerprint density at radius 2 is 1.52 bits per heavy atom. The van der Waals surface area contributed by atoms with E-state index < -0.39 is 10.3 Å². The van der Waals surface area contributed by atoms with Crippen molar-refractivity contribution in [2.75, 3.05) is 33.8 Å². The summed E-state index contributed by atoms with van der Waals surface area (Å²) in [6, 6.07) is 0. The standard InChI is InChI=1S/C14H30O4S.C2H6.CH4O/c1-10-13(16-6)11(15-5)9-12(17-10)18-19(7,8)14(2,3)4;2*1-2/h10-13H,9H2,1-8H3;1-2H3;2H,1H3/t10-,11-,12-,13-;;/m0../s1. The fourth-order valence-corrected chi connectivity index (χ4v) is 3.00. The van der Waals surface area contributed by atoms with Gasteiger partial charge in [0.05, 0.1) is 12.2 Å². The van der Waals surface area contributed by atoms with Crippen LogP contribution in [0.4, 0.5) is 0 Å². The third-order valence-electron chi connectivity index (χ3n) is 4.02. The summed E-state index contributed by atoms with van der Waals surface area (Å²) in [5.74, 6) is 0. The van der Waals surface area contributed by atoms with E-state index in [1.165, 1.54) is 0 Å². The summed E-state index contributed by atoms with van der Waals surface area (Å²) in [6.07, 6.45) is 4.84. The van der Waals surface area contributed by atoms with Crippen LogP contribution in [0.3, 0.4) is 0 Å². The minimum absolute atomic E-state index is 0.0221. The second-order valence-corrected chi connectivity index (χ2v) is 10.3. The summed E-state index contributed by atoms with van der Waals surface area (Å²) in [6.45, 7) is 12.6. The average molecular weight is 357 g/mol. The van der Waals surface area contributed by atoms with Gasteiger partial charge in [0.15, 0.2) is 6.29 Å². The van der Waals surface area contributed by atoms with Crippen LogP contribution >= 0.6 is 10.3 Å². The molecule has 144 valence electrons. The largest absolute Gasteiger partial charge is 0.400 e. The number of rotatable bonds is 4. The van der Waals surface area contributed by atoms with Gasteiger partial charge in [0.2, 0.25) is 0 Å². The molecule has 0 aromatic rings. The third-order valence-corrected chi connectivity index (χ3v) is 7.66. The van der Waals surface area contributed by atoms with Crippen LogP contribution in [-0.2, 0) is 18.4 Å². The van der Waals surface area contributed by atoms with Crippen molar-refractivity contribution >= 4 is 10.3 Å². The normalized spacial score (nSPS) is 28.9. The molecule has 5 nitrogen and oxygen atoms in total. The van der Waals surface area contributed by atoms with Gasteiger partial charge in [0, 0.05) is 32.5 Å². The Morgan fingerprint density at radius 3 is 1.87 bits per heavy atom. The van der Waals surface area contributed by atoms with Gasteiger partial charge in [-0.3, -0.25) is 0 Å². The van der Waals surface area contributed by atoms with Crippen LogP contribution in [0.5, 0.6) is 0 Å². The Morgan fingerprint density at radius 1 is 1.04 bits per heavy atom. The van der Waals surface area contributed by atoms with Crippen molar-refractivity contribution in [1.82, 2.24) is 0 Å². The number of aliphatic hydroxyl groups excluding tert-OH is 1. The molecule has 1 aliphatic heterocycles. The SMILES string of the molecule is CC.CO.CO[C@H]1[C@H](C)O[C@@H](OS(C)(C)C(C)(C)C)C[C@@H]1OC. The van der Waals surface area contributed by atoms with Crippen LogP contribution in [0, 0.1) is 0 Å². The maximum Gasteiger partial charge on any atom is 0.171 e. The zero-order valence-corrected chi connectivity index (χ0v) is 17.8. The van der Waals surface area contributed by atoms with Gasteiger partial charge < -0.3 is 23.5 Å². The second-order valence-electron chi connectivity index (χ2n) is 6.42. The van der Waals surface area contributed by atoms with E-state index in [2.05, 4.69) is 33.3 Å². The second kappa shape index (κ2) is 11.7. The number of methoxy groups -OCH3 is 2. The van der Waals surface area contributed by atoms with E-state index in [1.807, 2.05) is 20.8 Å². The first-order valence-corrected chi connectivity index (χ1v) is 10.6. The minimum atomic E-state index is -1.20. The van der Waals surface area contributed by atoms with Gasteiger partial charge in [-0.25, -0.2) is 0 Å². The molecular weight excluding hydrogens is 316 g/mol. The Labute approximate surface area is 145 Å². The smallest absolute Gasteiger partial charge is 0.171 e. The number of ether oxygens (including phenoxy) is 3. The number of hydrogen-bond donors (Lipinski definition) is 1. The zero-order valence-electron chi connectivity index (χ0n) is 17.0. The first-order valence-electron chi connectivity index (χ1n) is 8.19. The lowest BCUT2D eigenvalue weighted by Crippen LogP contribution is -2.50. The lowest BCUT2D eigenvalue weighted by atomic mass is 10.0. The minimum Gasteiger partial charge on any atom is -0.400 e. The summed E-state index contributed by atoms with van der Waals surface area (Å²) in [4.78, 5) is 0. The molecule has 0 aromatic heterocycles. The van der Waals surface area contributed by atoms with Crippen molar-refractivity contribution in [3.05, 3.63) is 0 Å². The molecule has 1 heterocycles. The highest BCUT2D eigenvalue weighted by Gasteiger charge is 2.40. The molecule has 1 aliphatic rings. The number of aliphatic hydroxyl groups is 1. The highest BCUT2D eigenvalue weighted by atomic mass is 32.3. The van der Waals surface area contributed by atoms with Gasteiger partial charge in [-0.15, -0.1) is 10.3 Å². The van der Waals surface area contributed by atoms with Gasteiger partial charge in [0.25, 0.3) is 0 Å². The van der Waals surface area contributed by atoms with Crippen LogP contribution in [0.25, 0.3) is 0 Å². The molecule has 0 aromatic carbocycles. The summed E-state index contributed by atoms with van der Waals surface area (Å²) in [5.41, 5.74) is 0. The molecule has 4 atom stereocenters. The first kappa shape index (κ1) is 25.4. The van der Waals surface area contributed by atoms with Gasteiger partial charge in [0.1, 0.15) is 6.10 Å². The molecule has 0 saturated carbocycles. The van der Waals surface area contributed by atoms with Crippen molar-refractivity contribution in [2.45, 2.75) is 77.3 Å². The van der Waals surface area contributed by atoms with Crippen molar-refractivity contribution in [1.29, 1.82) is 0 Å². The zero-order chi connectivity index (χ0) is 18.8. The highest BCUT2D eigenvalue weighted by molar-refractivity contribution is 8.29. The van der Waals surface area contributed by atoms with E-state index in [1.54, 1.807) is 14.2 Å². The van der Waals surface area contributed by atoms with Crippen LogP contribution < -0.4 is 0 Å². The van der Waals surface area contributed by atoms with E-state index in [0.717, 1.165) is 7.11 Å². The van der Waals surface area contributed by atoms with E-state index in [-0.39, 0.29) is 29.3 Å². The van der Waals surface area contributed by atoms with Gasteiger partial charge in [-0.1, -0.05) is 34.6 Å². The highest BCUT2D eigenvalue weighted by Crippen LogP contribution is 2.55.